The quantitative estimate of drug-likeness (QED) is 0.357. The number of hydrogen-bond acceptors (Lipinski definition) is 6. The Balaban J connectivity index is 1.77. The number of anilines is 1. The van der Waals surface area contributed by atoms with Crippen molar-refractivity contribution in [1.82, 2.24) is 30.2 Å². The van der Waals surface area contributed by atoms with Crippen LogP contribution in [0.5, 0.6) is 0 Å². The van der Waals surface area contributed by atoms with Crippen molar-refractivity contribution in [2.24, 2.45) is 0 Å². The van der Waals surface area contributed by atoms with Crippen LogP contribution in [0.2, 0.25) is 0 Å². The molecule has 1 aromatic carbocycles. The van der Waals surface area contributed by atoms with Gasteiger partial charge in [0.15, 0.2) is 5.82 Å². The Morgan fingerprint density at radius 1 is 0.968 bits per heavy atom. The summed E-state index contributed by atoms with van der Waals surface area (Å²) in [5, 5.41) is 3.78. The minimum absolute atomic E-state index is 0.00943. The van der Waals surface area contributed by atoms with Crippen molar-refractivity contribution in [2.45, 2.75) is 12.4 Å². The van der Waals surface area contributed by atoms with Gasteiger partial charge in [0.2, 0.25) is 0 Å². The normalized spacial score (nSPS) is 12.2. The topological polar surface area (TPSA) is 97.6 Å². The molecule has 0 aliphatic heterocycles. The fourth-order valence-electron chi connectivity index (χ4n) is 2.25. The lowest BCUT2D eigenvalue weighted by Crippen LogP contribution is -2.27. The molecule has 0 unspecified atom stereocenters. The fraction of sp³-hybridized carbons (Fsp3) is 0.118. The predicted octanol–water partition coefficient (Wildman–Crippen LogP) is 3.39. The first-order valence-electron chi connectivity index (χ1n) is 8.22. The van der Waals surface area contributed by atoms with E-state index in [4.69, 9.17) is 0 Å². The van der Waals surface area contributed by atoms with Crippen molar-refractivity contribution in [3.05, 3.63) is 60.5 Å². The van der Waals surface area contributed by atoms with Crippen molar-refractivity contribution < 1.29 is 31.1 Å². The highest BCUT2D eigenvalue weighted by atomic mass is 19.4. The van der Waals surface area contributed by atoms with Crippen LogP contribution < -0.4 is 10.9 Å². The Kier molecular flexibility index (Phi) is 5.90. The van der Waals surface area contributed by atoms with Gasteiger partial charge in [0.25, 0.3) is 5.91 Å². The van der Waals surface area contributed by atoms with Crippen LogP contribution in [0, 0.1) is 0 Å². The Morgan fingerprint density at radius 2 is 1.58 bits per heavy atom. The molecule has 14 heteroatoms. The first-order valence-corrected chi connectivity index (χ1v) is 8.22. The highest BCUT2D eigenvalue weighted by molar-refractivity contribution is 5.90. The smallest absolute Gasteiger partial charge is 0.295 e. The summed E-state index contributed by atoms with van der Waals surface area (Å²) < 4.78 is 78.8. The van der Waals surface area contributed by atoms with Crippen LogP contribution in [0.15, 0.2) is 49.3 Å². The molecule has 2 heterocycles. The molecule has 0 saturated heterocycles. The molecule has 0 spiro atoms. The predicted molar refractivity (Wildman–Crippen MR) is 94.6 cm³/mol. The van der Waals surface area contributed by atoms with Gasteiger partial charge in [0.05, 0.1) is 29.2 Å². The molecule has 0 aliphatic rings. The summed E-state index contributed by atoms with van der Waals surface area (Å²) >= 11 is 0. The Hall–Kier alpha value is -3.97. The lowest BCUT2D eigenvalue weighted by atomic mass is 10.0. The molecule has 31 heavy (non-hydrogen) atoms. The van der Waals surface area contributed by atoms with E-state index in [0.29, 0.717) is 17.8 Å². The summed E-state index contributed by atoms with van der Waals surface area (Å²) in [7, 11) is 0. The number of hydrazine groups is 1. The molecule has 0 bridgehead atoms. The SMILES string of the molecule is O=C(/C=C/n1cnc(-c2cc(C(F)(F)F)cc(C(F)(F)F)c2)n1)NNc1cncnc1. The molecular weight excluding hydrogens is 432 g/mol. The van der Waals surface area contributed by atoms with Crippen molar-refractivity contribution >= 4 is 17.8 Å². The maximum absolute atomic E-state index is 13.0. The lowest BCUT2D eigenvalue weighted by Gasteiger charge is -2.13. The van der Waals surface area contributed by atoms with Gasteiger partial charge in [-0.15, -0.1) is 5.10 Å². The summed E-state index contributed by atoms with van der Waals surface area (Å²) in [4.78, 5) is 22.9. The summed E-state index contributed by atoms with van der Waals surface area (Å²) in [5.41, 5.74) is 1.75. The van der Waals surface area contributed by atoms with Crippen LogP contribution in [0.3, 0.4) is 0 Å². The van der Waals surface area contributed by atoms with Gasteiger partial charge in [0.1, 0.15) is 12.7 Å². The van der Waals surface area contributed by atoms with Crippen LogP contribution in [-0.2, 0) is 17.1 Å². The highest BCUT2D eigenvalue weighted by Gasteiger charge is 2.37. The maximum Gasteiger partial charge on any atom is 0.416 e. The van der Waals surface area contributed by atoms with Crippen molar-refractivity contribution in [3.63, 3.8) is 0 Å². The van der Waals surface area contributed by atoms with Gasteiger partial charge in [-0.25, -0.2) is 19.6 Å². The van der Waals surface area contributed by atoms with Crippen molar-refractivity contribution in [1.29, 1.82) is 0 Å². The number of hydrogen-bond donors (Lipinski definition) is 2. The number of carbonyl (C=O) groups excluding carboxylic acids is 1. The first-order chi connectivity index (χ1) is 14.5. The number of nitrogens with zero attached hydrogens (tertiary/aromatic N) is 5. The molecule has 8 nitrogen and oxygen atoms in total. The number of alkyl halides is 6. The number of halogens is 6. The van der Waals surface area contributed by atoms with E-state index >= 15 is 0 Å². The van der Waals surface area contributed by atoms with Gasteiger partial charge in [0, 0.05) is 17.8 Å². The minimum Gasteiger partial charge on any atom is -0.295 e. The van der Waals surface area contributed by atoms with Gasteiger partial charge in [-0.1, -0.05) is 0 Å². The Labute approximate surface area is 169 Å². The summed E-state index contributed by atoms with van der Waals surface area (Å²) in [6, 6.07) is 1.03. The fourth-order valence-corrected chi connectivity index (χ4v) is 2.25. The van der Waals surface area contributed by atoms with Crippen molar-refractivity contribution in [3.8, 4) is 11.4 Å². The lowest BCUT2D eigenvalue weighted by molar-refractivity contribution is -0.143. The molecule has 162 valence electrons. The van der Waals surface area contributed by atoms with Crippen LogP contribution in [-0.4, -0.2) is 30.6 Å². The second kappa shape index (κ2) is 8.41. The van der Waals surface area contributed by atoms with E-state index in [9.17, 15) is 31.1 Å². The molecule has 1 amide bonds. The molecule has 2 N–H and O–H groups in total. The van der Waals surface area contributed by atoms with Crippen LogP contribution in [0.4, 0.5) is 32.0 Å². The number of amides is 1. The number of benzene rings is 1. The number of aromatic nitrogens is 5. The zero-order chi connectivity index (χ0) is 22.6. The Bertz CT molecular complexity index is 1060. The third-order valence-electron chi connectivity index (χ3n) is 3.62. The van der Waals surface area contributed by atoms with Crippen LogP contribution in [0.25, 0.3) is 17.6 Å². The second-order valence-electron chi connectivity index (χ2n) is 5.90. The number of nitrogens with one attached hydrogen (secondary N) is 2. The maximum atomic E-state index is 13.0. The summed E-state index contributed by atoms with van der Waals surface area (Å²) in [6.45, 7) is 0. The molecule has 0 saturated carbocycles. The molecule has 3 aromatic rings. The van der Waals surface area contributed by atoms with Crippen LogP contribution >= 0.6 is 0 Å². The van der Waals surface area contributed by atoms with Gasteiger partial charge < -0.3 is 0 Å². The highest BCUT2D eigenvalue weighted by Crippen LogP contribution is 2.38. The van der Waals surface area contributed by atoms with Gasteiger partial charge in [-0.3, -0.25) is 15.6 Å². The summed E-state index contributed by atoms with van der Waals surface area (Å²) in [6.07, 6.45) is -2.78. The van der Waals surface area contributed by atoms with E-state index in [1.165, 1.54) is 18.7 Å². The van der Waals surface area contributed by atoms with E-state index in [1.54, 1.807) is 0 Å². The molecule has 0 aliphatic carbocycles. The average molecular weight is 443 g/mol. The van der Waals surface area contributed by atoms with E-state index in [-0.39, 0.29) is 11.9 Å². The molecule has 2 aromatic heterocycles. The zero-order valence-corrected chi connectivity index (χ0v) is 15.1. The molecule has 0 radical (unpaired) electrons. The van der Waals surface area contributed by atoms with Crippen molar-refractivity contribution in [2.75, 3.05) is 5.43 Å². The van der Waals surface area contributed by atoms with E-state index in [2.05, 4.69) is 30.9 Å². The standard InChI is InChI=1S/C17H11F6N7O/c18-16(19,20)11-3-10(4-12(5-11)17(21,22)23)15-26-9-30(29-15)2-1-14(31)28-27-13-6-24-8-25-7-13/h1-9,27H,(H,28,31)/b2-1+. The molecular formula is C17H11F6N7O. The Morgan fingerprint density at radius 3 is 2.16 bits per heavy atom. The van der Waals surface area contributed by atoms with E-state index < -0.39 is 35.0 Å². The average Bonchev–Trinajstić information content (AvgIpc) is 3.19. The largest absolute Gasteiger partial charge is 0.416 e. The number of carbonyl (C=O) groups is 1. The van der Waals surface area contributed by atoms with Crippen LogP contribution in [0.1, 0.15) is 11.1 Å². The molecule has 0 fully saturated rings. The molecule has 3 rings (SSSR count). The third kappa shape index (κ3) is 5.77. The third-order valence-corrected chi connectivity index (χ3v) is 3.62. The van der Waals surface area contributed by atoms with Gasteiger partial charge >= 0.3 is 12.4 Å². The minimum atomic E-state index is -4.99. The van der Waals surface area contributed by atoms with Gasteiger partial charge in [-0.05, 0) is 18.2 Å². The van der Waals surface area contributed by atoms with E-state index in [1.807, 2.05) is 0 Å². The zero-order valence-electron chi connectivity index (χ0n) is 15.1. The van der Waals surface area contributed by atoms with Gasteiger partial charge in [-0.2, -0.15) is 26.3 Å². The number of rotatable bonds is 5. The second-order valence-corrected chi connectivity index (χ2v) is 5.90. The first kappa shape index (κ1) is 21.7. The summed E-state index contributed by atoms with van der Waals surface area (Å²) in [5.74, 6) is -1.03. The van der Waals surface area contributed by atoms with E-state index in [0.717, 1.165) is 23.3 Å². The monoisotopic (exact) mass is 443 g/mol. The molecule has 0 atom stereocenters.